The molecule has 1 amide bonds. The van der Waals surface area contributed by atoms with E-state index in [1.165, 1.54) is 0 Å². The number of aromatic nitrogens is 1. The minimum absolute atomic E-state index is 0.0219. The van der Waals surface area contributed by atoms with Gasteiger partial charge in [0.2, 0.25) is 5.88 Å². The van der Waals surface area contributed by atoms with E-state index in [2.05, 4.69) is 4.98 Å². The smallest absolute Gasteiger partial charge is 0.254 e. The topological polar surface area (TPSA) is 60.9 Å². The molecule has 0 saturated carbocycles. The van der Waals surface area contributed by atoms with Gasteiger partial charge in [-0.2, -0.15) is 0 Å². The molecule has 0 radical (unpaired) electrons. The summed E-state index contributed by atoms with van der Waals surface area (Å²) in [5.74, 6) is 0.861. The van der Waals surface area contributed by atoms with E-state index in [9.17, 15) is 4.79 Å². The molecule has 2 aliphatic heterocycles. The van der Waals surface area contributed by atoms with Crippen LogP contribution in [0.3, 0.4) is 0 Å². The average Bonchev–Trinajstić information content (AvgIpc) is 3.28. The third-order valence-corrected chi connectivity index (χ3v) is 5.07. The van der Waals surface area contributed by atoms with Gasteiger partial charge in [0.05, 0.1) is 13.2 Å². The van der Waals surface area contributed by atoms with Crippen LogP contribution >= 0.6 is 0 Å². The van der Waals surface area contributed by atoms with Crippen LogP contribution in [0.15, 0.2) is 48.7 Å². The van der Waals surface area contributed by atoms with E-state index in [1.807, 2.05) is 35.2 Å². The number of hydrogen-bond donors (Lipinski definition) is 0. The highest BCUT2D eigenvalue weighted by Crippen LogP contribution is 2.26. The first-order chi connectivity index (χ1) is 13.3. The molecular weight excluding hydrogens is 344 g/mol. The van der Waals surface area contributed by atoms with Crippen molar-refractivity contribution < 1.29 is 19.0 Å². The number of piperidine rings is 1. The van der Waals surface area contributed by atoms with Crippen molar-refractivity contribution in [3.63, 3.8) is 0 Å². The molecule has 6 heteroatoms. The Morgan fingerprint density at radius 1 is 1.11 bits per heavy atom. The van der Waals surface area contributed by atoms with Crippen molar-refractivity contribution in [3.05, 3.63) is 59.8 Å². The first-order valence-electron chi connectivity index (χ1n) is 9.45. The molecule has 2 fully saturated rings. The highest BCUT2D eigenvalue weighted by atomic mass is 16.7. The molecule has 0 bridgehead atoms. The van der Waals surface area contributed by atoms with Crippen LogP contribution in [0.25, 0.3) is 0 Å². The summed E-state index contributed by atoms with van der Waals surface area (Å²) in [4.78, 5) is 18.9. The van der Waals surface area contributed by atoms with Crippen LogP contribution in [-0.4, -0.2) is 48.4 Å². The van der Waals surface area contributed by atoms with Crippen molar-refractivity contribution in [2.24, 2.45) is 5.92 Å². The normalized spacial score (nSPS) is 18.6. The Labute approximate surface area is 159 Å². The Morgan fingerprint density at radius 2 is 1.85 bits per heavy atom. The molecule has 0 aliphatic carbocycles. The maximum Gasteiger partial charge on any atom is 0.254 e. The second-order valence-electron chi connectivity index (χ2n) is 6.90. The first kappa shape index (κ1) is 17.9. The van der Waals surface area contributed by atoms with Gasteiger partial charge in [0.15, 0.2) is 6.29 Å². The van der Waals surface area contributed by atoms with Gasteiger partial charge in [-0.05, 0) is 24.5 Å². The minimum atomic E-state index is -0.0961. The molecule has 2 aliphatic rings. The summed E-state index contributed by atoms with van der Waals surface area (Å²) in [6.45, 7) is 3.21. The Kier molecular flexibility index (Phi) is 5.65. The lowest BCUT2D eigenvalue weighted by Crippen LogP contribution is -2.41. The number of hydrogen-bond acceptors (Lipinski definition) is 5. The van der Waals surface area contributed by atoms with Crippen molar-refractivity contribution in [2.45, 2.75) is 25.7 Å². The highest BCUT2D eigenvalue weighted by molar-refractivity contribution is 5.94. The zero-order valence-corrected chi connectivity index (χ0v) is 15.3. The molecule has 2 aromatic rings. The van der Waals surface area contributed by atoms with Gasteiger partial charge in [-0.15, -0.1) is 0 Å². The van der Waals surface area contributed by atoms with E-state index in [0.717, 1.165) is 31.5 Å². The molecule has 0 atom stereocenters. The van der Waals surface area contributed by atoms with E-state index >= 15 is 0 Å². The SMILES string of the molecule is O=C(c1ccnc(OCc2ccccc2)c1)N1CCC(C2OCCO2)CC1. The summed E-state index contributed by atoms with van der Waals surface area (Å²) < 4.78 is 16.9. The maximum absolute atomic E-state index is 12.8. The fraction of sp³-hybridized carbons (Fsp3) is 0.429. The van der Waals surface area contributed by atoms with Crippen molar-refractivity contribution >= 4 is 5.91 Å². The quantitative estimate of drug-likeness (QED) is 0.812. The summed E-state index contributed by atoms with van der Waals surface area (Å²) in [5, 5.41) is 0. The standard InChI is InChI=1S/C21H24N2O4/c24-20(23-10-7-17(8-11-23)21-25-12-13-26-21)18-6-9-22-19(14-18)27-15-16-4-2-1-3-5-16/h1-6,9,14,17,21H,7-8,10-13,15H2. The molecule has 0 unspecified atom stereocenters. The average molecular weight is 368 g/mol. The van der Waals surface area contributed by atoms with Gasteiger partial charge >= 0.3 is 0 Å². The first-order valence-corrected chi connectivity index (χ1v) is 9.45. The molecule has 142 valence electrons. The molecule has 6 nitrogen and oxygen atoms in total. The number of rotatable bonds is 5. The van der Waals surface area contributed by atoms with E-state index in [-0.39, 0.29) is 12.2 Å². The van der Waals surface area contributed by atoms with E-state index in [4.69, 9.17) is 14.2 Å². The summed E-state index contributed by atoms with van der Waals surface area (Å²) in [6, 6.07) is 13.4. The van der Waals surface area contributed by atoms with Crippen molar-refractivity contribution in [1.82, 2.24) is 9.88 Å². The predicted molar refractivity (Wildman–Crippen MR) is 99.3 cm³/mol. The number of carbonyl (C=O) groups excluding carboxylic acids is 1. The van der Waals surface area contributed by atoms with Crippen molar-refractivity contribution in [2.75, 3.05) is 26.3 Å². The summed E-state index contributed by atoms with van der Waals surface area (Å²) >= 11 is 0. The molecule has 1 aromatic carbocycles. The van der Waals surface area contributed by atoms with Gasteiger partial charge < -0.3 is 19.1 Å². The Morgan fingerprint density at radius 3 is 2.59 bits per heavy atom. The van der Waals surface area contributed by atoms with Crippen LogP contribution in [0.5, 0.6) is 5.88 Å². The monoisotopic (exact) mass is 368 g/mol. The van der Waals surface area contributed by atoms with E-state index in [0.29, 0.717) is 37.2 Å². The molecule has 0 spiro atoms. The second kappa shape index (κ2) is 8.50. The Hall–Kier alpha value is -2.44. The Bertz CT molecular complexity index is 754. The number of amides is 1. The van der Waals surface area contributed by atoms with Gasteiger partial charge in [-0.1, -0.05) is 30.3 Å². The predicted octanol–water partition coefficient (Wildman–Crippen LogP) is 2.89. The number of nitrogens with zero attached hydrogens (tertiary/aromatic N) is 2. The van der Waals surface area contributed by atoms with Gasteiger partial charge in [-0.3, -0.25) is 4.79 Å². The fourth-order valence-electron chi connectivity index (χ4n) is 3.56. The lowest BCUT2D eigenvalue weighted by molar-refractivity contribution is -0.0956. The van der Waals surface area contributed by atoms with Crippen LogP contribution in [0.2, 0.25) is 0 Å². The molecule has 2 saturated heterocycles. The van der Waals surface area contributed by atoms with Gasteiger partial charge in [-0.25, -0.2) is 4.98 Å². The van der Waals surface area contributed by atoms with Crippen LogP contribution in [0, 0.1) is 5.92 Å². The second-order valence-corrected chi connectivity index (χ2v) is 6.90. The van der Waals surface area contributed by atoms with Crippen LogP contribution in [-0.2, 0) is 16.1 Å². The number of ether oxygens (including phenoxy) is 3. The number of benzene rings is 1. The van der Waals surface area contributed by atoms with Crippen LogP contribution < -0.4 is 4.74 Å². The summed E-state index contributed by atoms with van der Waals surface area (Å²) in [6.07, 6.45) is 3.33. The molecule has 0 N–H and O–H groups in total. The lowest BCUT2D eigenvalue weighted by atomic mass is 9.95. The zero-order valence-electron chi connectivity index (χ0n) is 15.3. The van der Waals surface area contributed by atoms with Crippen molar-refractivity contribution in [3.8, 4) is 5.88 Å². The Balaban J connectivity index is 1.33. The van der Waals surface area contributed by atoms with Gasteiger partial charge in [0.1, 0.15) is 6.61 Å². The van der Waals surface area contributed by atoms with Gasteiger partial charge in [0.25, 0.3) is 5.91 Å². The van der Waals surface area contributed by atoms with Crippen LogP contribution in [0.4, 0.5) is 0 Å². The minimum Gasteiger partial charge on any atom is -0.473 e. The molecule has 4 rings (SSSR count). The maximum atomic E-state index is 12.8. The van der Waals surface area contributed by atoms with Crippen molar-refractivity contribution in [1.29, 1.82) is 0 Å². The largest absolute Gasteiger partial charge is 0.473 e. The molecule has 1 aromatic heterocycles. The third-order valence-electron chi connectivity index (χ3n) is 5.07. The number of carbonyl (C=O) groups is 1. The number of pyridine rings is 1. The third kappa shape index (κ3) is 4.46. The molecule has 27 heavy (non-hydrogen) atoms. The van der Waals surface area contributed by atoms with E-state index < -0.39 is 0 Å². The van der Waals surface area contributed by atoms with Gasteiger partial charge in [0, 0.05) is 36.8 Å². The lowest BCUT2D eigenvalue weighted by Gasteiger charge is -2.33. The molecular formula is C21H24N2O4. The summed E-state index contributed by atoms with van der Waals surface area (Å²) in [5.41, 5.74) is 1.68. The fourth-order valence-corrected chi connectivity index (χ4v) is 3.56. The molecule has 3 heterocycles. The summed E-state index contributed by atoms with van der Waals surface area (Å²) in [7, 11) is 0. The van der Waals surface area contributed by atoms with Crippen LogP contribution in [0.1, 0.15) is 28.8 Å². The number of likely N-dealkylation sites (tertiary alicyclic amines) is 1. The highest BCUT2D eigenvalue weighted by Gasteiger charge is 2.32. The van der Waals surface area contributed by atoms with E-state index in [1.54, 1.807) is 18.3 Å². The zero-order chi connectivity index (χ0) is 18.5.